The molecule has 37 heavy (non-hydrogen) atoms. The van der Waals surface area contributed by atoms with Crippen molar-refractivity contribution in [2.75, 3.05) is 48.9 Å². The molecule has 194 valence electrons. The lowest BCUT2D eigenvalue weighted by atomic mass is 10.2. The maximum absolute atomic E-state index is 12.9. The molecule has 0 amide bonds. The van der Waals surface area contributed by atoms with E-state index in [0.717, 1.165) is 18.8 Å². The summed E-state index contributed by atoms with van der Waals surface area (Å²) in [5.74, 6) is 1.31. The Bertz CT molecular complexity index is 1510. The topological polar surface area (TPSA) is 134 Å². The van der Waals surface area contributed by atoms with E-state index in [2.05, 4.69) is 35.5 Å². The molecule has 1 aliphatic heterocycles. The summed E-state index contributed by atoms with van der Waals surface area (Å²) in [5.41, 5.74) is 3.12. The molecule has 4 aromatic rings. The number of H-pyrrole nitrogens is 1. The van der Waals surface area contributed by atoms with E-state index in [-0.39, 0.29) is 10.8 Å². The number of morpholine rings is 1. The second kappa shape index (κ2) is 10.2. The normalized spacial score (nSPS) is 14.2. The Balaban J connectivity index is 1.48. The number of rotatable bonds is 8. The summed E-state index contributed by atoms with van der Waals surface area (Å²) in [5, 5.41) is 5.83. The van der Waals surface area contributed by atoms with Crippen molar-refractivity contribution in [2.45, 2.75) is 24.0 Å². The molecule has 1 aliphatic rings. The first kappa shape index (κ1) is 24.8. The number of hydrogen-bond donors (Lipinski definition) is 3. The van der Waals surface area contributed by atoms with Crippen LogP contribution in [0.1, 0.15) is 13.8 Å². The van der Waals surface area contributed by atoms with Crippen LogP contribution in [-0.4, -0.2) is 67.0 Å². The van der Waals surface area contributed by atoms with E-state index in [0.29, 0.717) is 47.3 Å². The number of aromatic nitrogens is 4. The van der Waals surface area contributed by atoms with E-state index in [9.17, 15) is 8.42 Å². The first-order valence-electron chi connectivity index (χ1n) is 12.0. The molecule has 3 heterocycles. The van der Waals surface area contributed by atoms with Crippen LogP contribution in [0.4, 0.5) is 28.8 Å². The molecule has 0 spiro atoms. The number of ether oxygens (including phenoxy) is 2. The molecule has 12 heteroatoms. The second-order valence-electron chi connectivity index (χ2n) is 8.82. The summed E-state index contributed by atoms with van der Waals surface area (Å²) in [4.78, 5) is 18.9. The number of imidazole rings is 1. The molecule has 2 aromatic heterocycles. The Morgan fingerprint density at radius 1 is 1.05 bits per heavy atom. The smallest absolute Gasteiger partial charge is 0.231 e. The highest BCUT2D eigenvalue weighted by atomic mass is 32.2. The van der Waals surface area contributed by atoms with Gasteiger partial charge >= 0.3 is 0 Å². The van der Waals surface area contributed by atoms with Gasteiger partial charge in [0.15, 0.2) is 21.3 Å². The van der Waals surface area contributed by atoms with Crippen LogP contribution in [0.15, 0.2) is 53.7 Å². The first-order valence-corrected chi connectivity index (χ1v) is 13.5. The predicted octanol–water partition coefficient (Wildman–Crippen LogP) is 3.87. The summed E-state index contributed by atoms with van der Waals surface area (Å²) < 4.78 is 37.0. The van der Waals surface area contributed by atoms with E-state index in [1.54, 1.807) is 45.2 Å². The van der Waals surface area contributed by atoms with Crippen molar-refractivity contribution in [3.05, 3.63) is 48.8 Å². The maximum atomic E-state index is 12.9. The number of nitrogens with one attached hydrogen (secondary N) is 3. The van der Waals surface area contributed by atoms with Crippen molar-refractivity contribution < 1.29 is 17.9 Å². The predicted molar refractivity (Wildman–Crippen MR) is 143 cm³/mol. The Morgan fingerprint density at radius 2 is 1.84 bits per heavy atom. The van der Waals surface area contributed by atoms with Crippen LogP contribution >= 0.6 is 0 Å². The van der Waals surface area contributed by atoms with Gasteiger partial charge in [0.2, 0.25) is 5.95 Å². The highest BCUT2D eigenvalue weighted by molar-refractivity contribution is 7.92. The molecule has 0 aliphatic carbocycles. The molecule has 0 saturated carbocycles. The molecular weight excluding hydrogens is 494 g/mol. The molecule has 3 N–H and O–H groups in total. The van der Waals surface area contributed by atoms with E-state index in [4.69, 9.17) is 9.47 Å². The summed E-state index contributed by atoms with van der Waals surface area (Å²) in [6.45, 7) is 6.33. The number of methoxy groups -OCH3 is 1. The summed E-state index contributed by atoms with van der Waals surface area (Å²) >= 11 is 0. The number of fused-ring (bicyclic) bond motifs is 1. The van der Waals surface area contributed by atoms with Crippen molar-refractivity contribution in [1.82, 2.24) is 19.9 Å². The van der Waals surface area contributed by atoms with Crippen LogP contribution in [0.5, 0.6) is 5.75 Å². The molecule has 5 rings (SSSR count). The molecular formula is C25H29N7O4S. The molecule has 1 saturated heterocycles. The lowest BCUT2D eigenvalue weighted by Gasteiger charge is -2.29. The first-order chi connectivity index (χ1) is 17.9. The summed E-state index contributed by atoms with van der Waals surface area (Å²) in [6, 6.07) is 12.7. The molecule has 0 atom stereocenters. The third-order valence-electron chi connectivity index (χ3n) is 6.16. The van der Waals surface area contributed by atoms with Gasteiger partial charge in [0.25, 0.3) is 0 Å². The van der Waals surface area contributed by atoms with Gasteiger partial charge in [-0.15, -0.1) is 0 Å². The summed E-state index contributed by atoms with van der Waals surface area (Å²) in [6.07, 6.45) is 1.52. The Kier molecular flexibility index (Phi) is 6.85. The molecule has 0 radical (unpaired) electrons. The van der Waals surface area contributed by atoms with Gasteiger partial charge in [-0.05, 0) is 38.1 Å². The minimum Gasteiger partial charge on any atom is -0.494 e. The Labute approximate surface area is 215 Å². The molecule has 11 nitrogen and oxygen atoms in total. The zero-order valence-electron chi connectivity index (χ0n) is 20.9. The van der Waals surface area contributed by atoms with Crippen molar-refractivity contribution in [1.29, 1.82) is 0 Å². The van der Waals surface area contributed by atoms with E-state index >= 15 is 0 Å². The van der Waals surface area contributed by atoms with Gasteiger partial charge in [-0.25, -0.2) is 13.4 Å². The zero-order valence-corrected chi connectivity index (χ0v) is 21.7. The third-order valence-corrected chi connectivity index (χ3v) is 8.37. The largest absolute Gasteiger partial charge is 0.494 e. The van der Waals surface area contributed by atoms with E-state index in [1.807, 2.05) is 18.2 Å². The van der Waals surface area contributed by atoms with Crippen molar-refractivity contribution in [3.8, 4) is 5.75 Å². The SMILES string of the molecule is COc1cc(N2CCOCC2)ccc1Nc1nc(Nc2ccccc2S(=O)(=O)C(C)C)c2[nH]cnc2n1. The molecule has 1 fully saturated rings. The number of para-hydroxylation sites is 1. The quantitative estimate of drug-likeness (QED) is 0.312. The minimum atomic E-state index is -3.52. The summed E-state index contributed by atoms with van der Waals surface area (Å²) in [7, 11) is -1.91. The molecule has 0 unspecified atom stereocenters. The Morgan fingerprint density at radius 3 is 2.59 bits per heavy atom. The maximum Gasteiger partial charge on any atom is 0.231 e. The van der Waals surface area contributed by atoms with E-state index < -0.39 is 15.1 Å². The van der Waals surface area contributed by atoms with Gasteiger partial charge in [0, 0.05) is 24.8 Å². The fourth-order valence-corrected chi connectivity index (χ4v) is 5.30. The lowest BCUT2D eigenvalue weighted by molar-refractivity contribution is 0.122. The van der Waals surface area contributed by atoms with Crippen LogP contribution in [0.2, 0.25) is 0 Å². The zero-order chi connectivity index (χ0) is 26.0. The fourth-order valence-electron chi connectivity index (χ4n) is 4.10. The van der Waals surface area contributed by atoms with Crippen LogP contribution in [-0.2, 0) is 14.6 Å². The van der Waals surface area contributed by atoms with Crippen molar-refractivity contribution >= 4 is 49.8 Å². The average Bonchev–Trinajstić information content (AvgIpc) is 3.39. The van der Waals surface area contributed by atoms with Gasteiger partial charge in [0.05, 0.1) is 48.2 Å². The highest BCUT2D eigenvalue weighted by Gasteiger charge is 2.23. The number of benzene rings is 2. The number of aromatic amines is 1. The number of anilines is 5. The van der Waals surface area contributed by atoms with Crippen LogP contribution < -0.4 is 20.3 Å². The van der Waals surface area contributed by atoms with E-state index in [1.165, 1.54) is 6.33 Å². The standard InChI is InChI=1S/C25H29N7O4S/c1-16(2)37(33,34)21-7-5-4-6-19(21)28-24-22-23(27-15-26-22)30-25(31-24)29-18-9-8-17(14-20(18)35-3)32-10-12-36-13-11-32/h4-9,14-16H,10-13H2,1-3H3,(H3,26,27,28,29,30,31). The second-order valence-corrected chi connectivity index (χ2v) is 11.3. The number of sulfone groups is 1. The third kappa shape index (κ3) is 5.02. The monoisotopic (exact) mass is 523 g/mol. The number of hydrogen-bond acceptors (Lipinski definition) is 10. The van der Waals surface area contributed by atoms with Crippen LogP contribution in [0, 0.1) is 0 Å². The molecule has 2 aromatic carbocycles. The van der Waals surface area contributed by atoms with Gasteiger partial charge in [0.1, 0.15) is 11.3 Å². The van der Waals surface area contributed by atoms with Crippen LogP contribution in [0.3, 0.4) is 0 Å². The fraction of sp³-hybridized carbons (Fsp3) is 0.320. The van der Waals surface area contributed by atoms with Gasteiger partial charge in [-0.2, -0.15) is 9.97 Å². The molecule has 0 bridgehead atoms. The van der Waals surface area contributed by atoms with Crippen molar-refractivity contribution in [2.24, 2.45) is 0 Å². The Hall–Kier alpha value is -3.90. The van der Waals surface area contributed by atoms with Gasteiger partial charge in [-0.1, -0.05) is 12.1 Å². The number of nitrogens with zero attached hydrogens (tertiary/aromatic N) is 4. The van der Waals surface area contributed by atoms with Gasteiger partial charge < -0.3 is 30.0 Å². The minimum absolute atomic E-state index is 0.200. The average molecular weight is 524 g/mol. The highest BCUT2D eigenvalue weighted by Crippen LogP contribution is 2.34. The van der Waals surface area contributed by atoms with Gasteiger partial charge in [-0.3, -0.25) is 0 Å². The lowest BCUT2D eigenvalue weighted by Crippen LogP contribution is -2.36. The van der Waals surface area contributed by atoms with Crippen LogP contribution in [0.25, 0.3) is 11.2 Å². The van der Waals surface area contributed by atoms with Crippen molar-refractivity contribution in [3.63, 3.8) is 0 Å².